The molecule has 0 saturated heterocycles. The molecule has 1 heterocycles. The molecule has 0 unspecified atom stereocenters. The Balaban J connectivity index is 1.90. The molecule has 6 heteroatoms. The van der Waals surface area contributed by atoms with Gasteiger partial charge in [0, 0.05) is 10.2 Å². The van der Waals surface area contributed by atoms with Crippen LogP contribution in [0.3, 0.4) is 0 Å². The van der Waals surface area contributed by atoms with E-state index in [4.69, 9.17) is 4.74 Å². The molecule has 1 aliphatic heterocycles. The number of rotatable bonds is 3. The van der Waals surface area contributed by atoms with Crippen molar-refractivity contribution in [3.8, 4) is 0 Å². The normalized spacial score (nSPS) is 21.8. The van der Waals surface area contributed by atoms with Crippen LogP contribution in [0.25, 0.3) is 0 Å². The maximum atomic E-state index is 12.7. The van der Waals surface area contributed by atoms with E-state index in [-0.39, 0.29) is 18.1 Å². The summed E-state index contributed by atoms with van der Waals surface area (Å²) in [6.45, 7) is 1.73. The largest absolute Gasteiger partial charge is 0.459 e. The second-order valence-electron chi connectivity index (χ2n) is 5.94. The highest BCUT2D eigenvalue weighted by molar-refractivity contribution is 9.10. The van der Waals surface area contributed by atoms with Gasteiger partial charge in [0.2, 0.25) is 0 Å². The summed E-state index contributed by atoms with van der Waals surface area (Å²) in [5.41, 5.74) is 1.85. The zero-order valence-corrected chi connectivity index (χ0v) is 14.5. The van der Waals surface area contributed by atoms with E-state index in [9.17, 15) is 9.59 Å². The van der Waals surface area contributed by atoms with E-state index >= 15 is 0 Å². The lowest BCUT2D eigenvalue weighted by molar-refractivity contribution is -0.144. The Morgan fingerprint density at radius 2 is 2.04 bits per heavy atom. The fraction of sp³-hybridized carbons (Fsp3) is 0.412. The predicted molar refractivity (Wildman–Crippen MR) is 89.6 cm³/mol. The molecular weight excluding hydrogens is 360 g/mol. The van der Waals surface area contributed by atoms with E-state index in [1.54, 1.807) is 6.92 Å². The summed E-state index contributed by atoms with van der Waals surface area (Å²) in [5, 5.41) is 5.48. The molecule has 23 heavy (non-hydrogen) atoms. The van der Waals surface area contributed by atoms with Gasteiger partial charge >= 0.3 is 12.0 Å². The Labute approximate surface area is 143 Å². The average molecular weight is 379 g/mol. The lowest BCUT2D eigenvalue weighted by Gasteiger charge is -2.29. The lowest BCUT2D eigenvalue weighted by Crippen LogP contribution is -2.45. The highest BCUT2D eigenvalue weighted by Crippen LogP contribution is 2.31. The van der Waals surface area contributed by atoms with Crippen molar-refractivity contribution in [3.63, 3.8) is 0 Å². The molecule has 1 fully saturated rings. The highest BCUT2D eigenvalue weighted by atomic mass is 79.9. The van der Waals surface area contributed by atoms with Crippen molar-refractivity contribution in [2.75, 3.05) is 0 Å². The predicted octanol–water partition coefficient (Wildman–Crippen LogP) is 3.56. The molecule has 1 aliphatic carbocycles. The van der Waals surface area contributed by atoms with Gasteiger partial charge in [0.1, 0.15) is 6.10 Å². The lowest BCUT2D eigenvalue weighted by atomic mass is 9.95. The van der Waals surface area contributed by atoms with Gasteiger partial charge in [-0.2, -0.15) is 0 Å². The van der Waals surface area contributed by atoms with Crippen LogP contribution in [-0.4, -0.2) is 18.1 Å². The summed E-state index contributed by atoms with van der Waals surface area (Å²) in [4.78, 5) is 24.5. The number of ether oxygens (including phenoxy) is 1. The van der Waals surface area contributed by atoms with Gasteiger partial charge in [0.05, 0.1) is 11.6 Å². The third-order valence-electron chi connectivity index (χ3n) is 4.25. The minimum Gasteiger partial charge on any atom is -0.459 e. The van der Waals surface area contributed by atoms with Crippen molar-refractivity contribution in [2.45, 2.75) is 44.8 Å². The standard InChI is InChI=1S/C17H19BrN2O3/c1-10-14(16(21)23-13-7-2-3-8-13)15(20-17(22)19-10)11-5-4-6-12(18)9-11/h4-6,9,13,15H,2-3,7-8H2,1H3,(H2,19,20,22)/t15-/m0/s1. The number of carbonyl (C=O) groups is 2. The van der Waals surface area contributed by atoms with E-state index in [1.165, 1.54) is 0 Å². The van der Waals surface area contributed by atoms with Crippen LogP contribution in [0.4, 0.5) is 4.79 Å². The molecule has 5 nitrogen and oxygen atoms in total. The molecule has 1 aromatic carbocycles. The summed E-state index contributed by atoms with van der Waals surface area (Å²) in [5.74, 6) is -0.355. The molecular formula is C17H19BrN2O3. The van der Waals surface area contributed by atoms with Crippen LogP contribution in [0, 0.1) is 0 Å². The summed E-state index contributed by atoms with van der Waals surface area (Å²) >= 11 is 3.43. The van der Waals surface area contributed by atoms with Gasteiger partial charge in [-0.15, -0.1) is 0 Å². The van der Waals surface area contributed by atoms with E-state index in [2.05, 4.69) is 26.6 Å². The van der Waals surface area contributed by atoms with Crippen LogP contribution in [0.5, 0.6) is 0 Å². The van der Waals surface area contributed by atoms with Crippen molar-refractivity contribution < 1.29 is 14.3 Å². The van der Waals surface area contributed by atoms with Crippen molar-refractivity contribution in [1.29, 1.82) is 0 Å². The second-order valence-corrected chi connectivity index (χ2v) is 6.85. The molecule has 2 N–H and O–H groups in total. The first-order chi connectivity index (χ1) is 11.0. The molecule has 0 spiro atoms. The van der Waals surface area contributed by atoms with E-state index < -0.39 is 6.04 Å². The van der Waals surface area contributed by atoms with Gasteiger partial charge in [0.25, 0.3) is 0 Å². The van der Waals surface area contributed by atoms with Gasteiger partial charge in [-0.1, -0.05) is 28.1 Å². The molecule has 122 valence electrons. The topological polar surface area (TPSA) is 67.4 Å². The van der Waals surface area contributed by atoms with Gasteiger partial charge in [-0.3, -0.25) is 0 Å². The first-order valence-corrected chi connectivity index (χ1v) is 8.58. The SMILES string of the molecule is CC1=C(C(=O)OC2CCCC2)[C@H](c2cccc(Br)c2)NC(=O)N1. The van der Waals surface area contributed by atoms with Gasteiger partial charge in [-0.25, -0.2) is 9.59 Å². The smallest absolute Gasteiger partial charge is 0.338 e. The fourth-order valence-electron chi connectivity index (χ4n) is 3.12. The van der Waals surface area contributed by atoms with Gasteiger partial charge in [-0.05, 0) is 50.3 Å². The Kier molecular flexibility index (Phi) is 4.71. The Morgan fingerprint density at radius 1 is 1.30 bits per heavy atom. The number of halogens is 1. The molecule has 0 radical (unpaired) electrons. The zero-order chi connectivity index (χ0) is 16.4. The van der Waals surface area contributed by atoms with Gasteiger partial charge < -0.3 is 15.4 Å². The zero-order valence-electron chi connectivity index (χ0n) is 12.9. The Hall–Kier alpha value is -1.82. The molecule has 3 rings (SSSR count). The van der Waals surface area contributed by atoms with E-state index in [1.807, 2.05) is 24.3 Å². The summed E-state index contributed by atoms with van der Waals surface area (Å²) in [7, 11) is 0. The Bertz CT molecular complexity index is 666. The number of esters is 1. The van der Waals surface area contributed by atoms with Gasteiger partial charge in [0.15, 0.2) is 0 Å². The Morgan fingerprint density at radius 3 is 2.74 bits per heavy atom. The second kappa shape index (κ2) is 6.74. The van der Waals surface area contributed by atoms with Crippen LogP contribution in [0.2, 0.25) is 0 Å². The first-order valence-electron chi connectivity index (χ1n) is 7.79. The van der Waals surface area contributed by atoms with E-state index in [0.717, 1.165) is 35.7 Å². The number of carbonyl (C=O) groups excluding carboxylic acids is 2. The summed E-state index contributed by atoms with van der Waals surface area (Å²) < 4.78 is 6.53. The third-order valence-corrected chi connectivity index (χ3v) is 4.74. The van der Waals surface area contributed by atoms with Crippen LogP contribution >= 0.6 is 15.9 Å². The highest BCUT2D eigenvalue weighted by Gasteiger charge is 2.33. The minimum atomic E-state index is -0.504. The number of benzene rings is 1. The molecule has 0 bridgehead atoms. The maximum absolute atomic E-state index is 12.7. The van der Waals surface area contributed by atoms with Crippen molar-refractivity contribution in [3.05, 3.63) is 45.6 Å². The molecule has 1 aromatic rings. The van der Waals surface area contributed by atoms with Crippen LogP contribution in [0.15, 0.2) is 40.0 Å². The molecule has 0 aromatic heterocycles. The summed E-state index contributed by atoms with van der Waals surface area (Å²) in [6.07, 6.45) is 4.02. The molecule has 2 amide bonds. The quantitative estimate of drug-likeness (QED) is 0.790. The molecule has 1 atom stereocenters. The summed E-state index contributed by atoms with van der Waals surface area (Å²) in [6, 6.07) is 6.74. The minimum absolute atomic E-state index is 0.0106. The number of urea groups is 1. The van der Waals surface area contributed by atoms with E-state index in [0.29, 0.717) is 11.3 Å². The number of nitrogens with one attached hydrogen (secondary N) is 2. The van der Waals surface area contributed by atoms with Crippen molar-refractivity contribution in [2.24, 2.45) is 0 Å². The molecule has 2 aliphatic rings. The average Bonchev–Trinajstić information content (AvgIpc) is 2.99. The van der Waals surface area contributed by atoms with Crippen molar-refractivity contribution >= 4 is 27.9 Å². The maximum Gasteiger partial charge on any atom is 0.338 e. The van der Waals surface area contributed by atoms with Crippen molar-refractivity contribution in [1.82, 2.24) is 10.6 Å². The number of hydrogen-bond donors (Lipinski definition) is 2. The third kappa shape index (κ3) is 3.58. The number of allylic oxidation sites excluding steroid dienone is 1. The number of hydrogen-bond acceptors (Lipinski definition) is 3. The fourth-order valence-corrected chi connectivity index (χ4v) is 3.54. The monoisotopic (exact) mass is 378 g/mol. The first kappa shape index (κ1) is 16.1. The van der Waals surface area contributed by atoms with Crippen LogP contribution in [0.1, 0.15) is 44.2 Å². The molecule has 1 saturated carbocycles. The van der Waals surface area contributed by atoms with Crippen LogP contribution in [-0.2, 0) is 9.53 Å². The van der Waals surface area contributed by atoms with Crippen LogP contribution < -0.4 is 10.6 Å². The number of amides is 2.